The zero-order valence-electron chi connectivity index (χ0n) is 13.1. The molecule has 0 spiro atoms. The maximum atomic E-state index is 13.5. The summed E-state index contributed by atoms with van der Waals surface area (Å²) in [6.07, 6.45) is -1.42. The molecule has 9 heteroatoms. The number of aldehydes is 1. The number of nitrogens with zero attached hydrogens (tertiary/aromatic N) is 3. The summed E-state index contributed by atoms with van der Waals surface area (Å²) in [5, 5.41) is 5.93. The summed E-state index contributed by atoms with van der Waals surface area (Å²) in [7, 11) is 0. The molecule has 132 valence electrons. The number of aromatic nitrogens is 3. The van der Waals surface area contributed by atoms with Gasteiger partial charge in [0.2, 0.25) is 0 Å². The molecule has 0 bridgehead atoms. The average molecular weight is 352 g/mol. The molecule has 1 aliphatic rings. The molecule has 0 radical (unpaired) electrons. The van der Waals surface area contributed by atoms with E-state index in [-0.39, 0.29) is 23.0 Å². The molecule has 2 aromatic rings. The first-order valence-electron chi connectivity index (χ1n) is 7.72. The maximum Gasteiger partial charge on any atom is 0.419 e. The fourth-order valence-electron chi connectivity index (χ4n) is 2.81. The molecule has 3 rings (SSSR count). The molecule has 3 heterocycles. The number of hydrogen-bond donors (Lipinski definition) is 1. The van der Waals surface area contributed by atoms with E-state index >= 15 is 0 Å². The summed E-state index contributed by atoms with van der Waals surface area (Å²) >= 11 is 0. The molecule has 0 amide bonds. The SMILES string of the molecule is O=CC1CCN(c2ncc(-c3ccc(=O)[nH]n3)cc2C(F)(F)F)CC1. The summed E-state index contributed by atoms with van der Waals surface area (Å²) < 4.78 is 40.5. The fourth-order valence-corrected chi connectivity index (χ4v) is 2.81. The Bertz CT molecular complexity index is 806. The van der Waals surface area contributed by atoms with Crippen molar-refractivity contribution in [3.63, 3.8) is 0 Å². The van der Waals surface area contributed by atoms with Gasteiger partial charge in [-0.15, -0.1) is 0 Å². The molecule has 0 aliphatic carbocycles. The van der Waals surface area contributed by atoms with Crippen LogP contribution < -0.4 is 10.5 Å². The molecule has 1 N–H and O–H groups in total. The van der Waals surface area contributed by atoms with Crippen LogP contribution in [0.25, 0.3) is 11.3 Å². The van der Waals surface area contributed by atoms with Crippen LogP contribution in [0.1, 0.15) is 18.4 Å². The normalized spacial score (nSPS) is 16.0. The Morgan fingerprint density at radius 2 is 1.96 bits per heavy atom. The summed E-state index contributed by atoms with van der Waals surface area (Å²) in [5.74, 6) is -0.264. The molecule has 0 unspecified atom stereocenters. The first-order valence-corrected chi connectivity index (χ1v) is 7.72. The largest absolute Gasteiger partial charge is 0.419 e. The molecule has 25 heavy (non-hydrogen) atoms. The predicted molar refractivity (Wildman–Crippen MR) is 84.1 cm³/mol. The van der Waals surface area contributed by atoms with Crippen LogP contribution >= 0.6 is 0 Å². The standard InChI is InChI=1S/C16H15F3N4O2/c17-16(18,19)12-7-11(13-1-2-14(25)22-21-13)8-20-15(12)23-5-3-10(9-24)4-6-23/h1-2,7-10H,3-6H2,(H,22,25). The number of aromatic amines is 1. The van der Waals surface area contributed by atoms with Crippen molar-refractivity contribution >= 4 is 12.1 Å². The van der Waals surface area contributed by atoms with Crippen molar-refractivity contribution < 1.29 is 18.0 Å². The average Bonchev–Trinajstić information content (AvgIpc) is 2.61. The van der Waals surface area contributed by atoms with Gasteiger partial charge >= 0.3 is 6.18 Å². The Hall–Kier alpha value is -2.71. The van der Waals surface area contributed by atoms with E-state index in [2.05, 4.69) is 15.2 Å². The molecule has 6 nitrogen and oxygen atoms in total. The van der Waals surface area contributed by atoms with Crippen LogP contribution in [-0.4, -0.2) is 34.6 Å². The second-order valence-corrected chi connectivity index (χ2v) is 5.86. The molecule has 1 aliphatic heterocycles. The number of H-pyrrole nitrogens is 1. The quantitative estimate of drug-likeness (QED) is 0.858. The highest BCUT2D eigenvalue weighted by molar-refractivity contribution is 5.63. The lowest BCUT2D eigenvalue weighted by molar-refractivity contribution is -0.137. The fraction of sp³-hybridized carbons (Fsp3) is 0.375. The second-order valence-electron chi connectivity index (χ2n) is 5.86. The van der Waals surface area contributed by atoms with Gasteiger partial charge in [-0.2, -0.15) is 18.3 Å². The van der Waals surface area contributed by atoms with Crippen molar-refractivity contribution in [3.05, 3.63) is 40.3 Å². The van der Waals surface area contributed by atoms with Gasteiger partial charge in [0.15, 0.2) is 0 Å². The number of carbonyl (C=O) groups is 1. The zero-order valence-corrected chi connectivity index (χ0v) is 13.1. The van der Waals surface area contributed by atoms with Crippen LogP contribution in [0.5, 0.6) is 0 Å². The first kappa shape index (κ1) is 17.1. The molecular formula is C16H15F3N4O2. The van der Waals surface area contributed by atoms with Crippen LogP contribution in [0.2, 0.25) is 0 Å². The Morgan fingerprint density at radius 3 is 2.52 bits per heavy atom. The van der Waals surface area contributed by atoms with Crippen LogP contribution in [0, 0.1) is 5.92 Å². The third kappa shape index (κ3) is 3.70. The van der Waals surface area contributed by atoms with Crippen LogP contribution in [0.3, 0.4) is 0 Å². The number of hydrogen-bond acceptors (Lipinski definition) is 5. The molecular weight excluding hydrogens is 337 g/mol. The lowest BCUT2D eigenvalue weighted by atomic mass is 9.98. The highest BCUT2D eigenvalue weighted by Gasteiger charge is 2.37. The van der Waals surface area contributed by atoms with Crippen molar-refractivity contribution in [1.82, 2.24) is 15.2 Å². The zero-order chi connectivity index (χ0) is 18.0. The van der Waals surface area contributed by atoms with E-state index in [4.69, 9.17) is 0 Å². The van der Waals surface area contributed by atoms with Gasteiger partial charge in [0.1, 0.15) is 12.1 Å². The van der Waals surface area contributed by atoms with Crippen molar-refractivity contribution in [2.24, 2.45) is 5.92 Å². The van der Waals surface area contributed by atoms with Crippen molar-refractivity contribution in [1.29, 1.82) is 0 Å². The van der Waals surface area contributed by atoms with Gasteiger partial charge < -0.3 is 9.69 Å². The summed E-state index contributed by atoms with van der Waals surface area (Å²) in [6, 6.07) is 3.51. The Balaban J connectivity index is 1.97. The monoisotopic (exact) mass is 352 g/mol. The van der Waals surface area contributed by atoms with E-state index in [9.17, 15) is 22.8 Å². The third-order valence-corrected chi connectivity index (χ3v) is 4.18. The van der Waals surface area contributed by atoms with Gasteiger partial charge in [-0.1, -0.05) is 0 Å². The summed E-state index contributed by atoms with van der Waals surface area (Å²) in [4.78, 5) is 27.4. The number of nitrogens with one attached hydrogen (secondary N) is 1. The topological polar surface area (TPSA) is 79.0 Å². The van der Waals surface area contributed by atoms with Gasteiger partial charge in [0.25, 0.3) is 5.56 Å². The van der Waals surface area contributed by atoms with Crippen molar-refractivity contribution in [2.75, 3.05) is 18.0 Å². The van der Waals surface area contributed by atoms with Gasteiger partial charge in [0, 0.05) is 36.8 Å². The first-order chi connectivity index (χ1) is 11.9. The smallest absolute Gasteiger partial charge is 0.356 e. The number of anilines is 1. The number of alkyl halides is 3. The Morgan fingerprint density at radius 1 is 1.24 bits per heavy atom. The number of halogens is 3. The molecule has 0 saturated carbocycles. The number of pyridine rings is 1. The lowest BCUT2D eigenvalue weighted by Gasteiger charge is -2.32. The van der Waals surface area contributed by atoms with E-state index in [0.717, 1.165) is 12.4 Å². The van der Waals surface area contributed by atoms with Crippen molar-refractivity contribution in [2.45, 2.75) is 19.0 Å². The van der Waals surface area contributed by atoms with E-state index in [1.807, 2.05) is 0 Å². The third-order valence-electron chi connectivity index (χ3n) is 4.18. The maximum absolute atomic E-state index is 13.5. The predicted octanol–water partition coefficient (Wildman–Crippen LogP) is 2.27. The number of carbonyl (C=O) groups excluding carboxylic acids is 1. The van der Waals surface area contributed by atoms with E-state index < -0.39 is 17.3 Å². The van der Waals surface area contributed by atoms with Crippen LogP contribution in [-0.2, 0) is 11.0 Å². The number of rotatable bonds is 3. The van der Waals surface area contributed by atoms with Gasteiger partial charge in [0.05, 0.1) is 11.3 Å². The van der Waals surface area contributed by atoms with E-state index in [1.165, 1.54) is 18.3 Å². The highest BCUT2D eigenvalue weighted by Crippen LogP contribution is 2.38. The Kier molecular flexibility index (Phi) is 4.56. The Labute approximate surface area is 140 Å². The lowest BCUT2D eigenvalue weighted by Crippen LogP contribution is -2.36. The summed E-state index contributed by atoms with van der Waals surface area (Å²) in [6.45, 7) is 0.686. The van der Waals surface area contributed by atoms with Gasteiger partial charge in [-0.3, -0.25) is 4.79 Å². The molecule has 0 atom stereocenters. The van der Waals surface area contributed by atoms with Gasteiger partial charge in [-0.05, 0) is 25.0 Å². The van der Waals surface area contributed by atoms with Gasteiger partial charge in [-0.25, -0.2) is 10.1 Å². The van der Waals surface area contributed by atoms with Crippen LogP contribution in [0.15, 0.2) is 29.2 Å². The minimum atomic E-state index is -4.58. The highest BCUT2D eigenvalue weighted by atomic mass is 19.4. The van der Waals surface area contributed by atoms with E-state index in [1.54, 1.807) is 4.90 Å². The molecule has 1 saturated heterocycles. The van der Waals surface area contributed by atoms with Crippen LogP contribution in [0.4, 0.5) is 19.0 Å². The molecule has 0 aromatic carbocycles. The molecule has 2 aromatic heterocycles. The molecule has 1 fully saturated rings. The minimum Gasteiger partial charge on any atom is -0.356 e. The minimum absolute atomic E-state index is 0.116. The number of piperidine rings is 1. The second kappa shape index (κ2) is 6.66. The summed E-state index contributed by atoms with van der Waals surface area (Å²) in [5.41, 5.74) is -0.941. The van der Waals surface area contributed by atoms with E-state index in [0.29, 0.717) is 25.9 Å². The van der Waals surface area contributed by atoms with Crippen molar-refractivity contribution in [3.8, 4) is 11.3 Å².